The van der Waals surface area contributed by atoms with Gasteiger partial charge in [-0.15, -0.1) is 0 Å². The van der Waals surface area contributed by atoms with Gasteiger partial charge < -0.3 is 5.11 Å². The first-order chi connectivity index (χ1) is 8.91. The van der Waals surface area contributed by atoms with Crippen molar-refractivity contribution < 1.29 is 14.3 Å². The van der Waals surface area contributed by atoms with Gasteiger partial charge in [0, 0.05) is 17.3 Å². The highest BCUT2D eigenvalue weighted by molar-refractivity contribution is 6.49. The van der Waals surface area contributed by atoms with Crippen LogP contribution in [0, 0.1) is 5.82 Å². The van der Waals surface area contributed by atoms with Gasteiger partial charge in [0.15, 0.2) is 11.5 Å². The lowest BCUT2D eigenvalue weighted by atomic mass is 10.1. The highest BCUT2D eigenvalue weighted by atomic mass is 35.5. The van der Waals surface area contributed by atoms with Crippen LogP contribution in [0.2, 0.25) is 15.1 Å². The van der Waals surface area contributed by atoms with E-state index in [1.165, 1.54) is 12.3 Å². The first-order valence-corrected chi connectivity index (χ1v) is 6.08. The fraction of sp³-hybridized carbons (Fsp3) is 0. The Balaban J connectivity index is 2.58. The maximum absolute atomic E-state index is 13.6. The molecule has 0 saturated heterocycles. The Morgan fingerprint density at radius 2 is 1.89 bits per heavy atom. The second-order valence-electron chi connectivity index (χ2n) is 3.58. The van der Waals surface area contributed by atoms with E-state index in [1.54, 1.807) is 6.07 Å². The summed E-state index contributed by atoms with van der Waals surface area (Å²) in [5, 5.41) is 9.26. The molecule has 19 heavy (non-hydrogen) atoms. The van der Waals surface area contributed by atoms with Gasteiger partial charge in [-0.05, 0) is 12.1 Å². The van der Waals surface area contributed by atoms with E-state index in [9.17, 15) is 9.18 Å². The van der Waals surface area contributed by atoms with Crippen LogP contribution in [0.4, 0.5) is 4.39 Å². The average molecular weight is 321 g/mol. The zero-order chi connectivity index (χ0) is 14.2. The van der Waals surface area contributed by atoms with Crippen LogP contribution in [-0.4, -0.2) is 16.1 Å². The summed E-state index contributed by atoms with van der Waals surface area (Å²) in [5.74, 6) is -2.39. The third-order valence-electron chi connectivity index (χ3n) is 2.39. The molecule has 1 heterocycles. The number of aromatic nitrogens is 1. The Labute approximate surface area is 122 Å². The van der Waals surface area contributed by atoms with E-state index in [1.807, 2.05) is 0 Å². The molecule has 0 amide bonds. The molecule has 2 aromatic rings. The minimum Gasteiger partial charge on any atom is -0.476 e. The SMILES string of the molecule is O=C(O)c1ncc(-c2ccc(Cl)c(Cl)c2Cl)cc1F. The zero-order valence-electron chi connectivity index (χ0n) is 9.12. The lowest BCUT2D eigenvalue weighted by molar-refractivity contribution is 0.0685. The molecule has 0 fully saturated rings. The van der Waals surface area contributed by atoms with E-state index >= 15 is 0 Å². The topological polar surface area (TPSA) is 50.2 Å². The molecular formula is C12H5Cl3FNO2. The summed E-state index contributed by atoms with van der Waals surface area (Å²) in [6.45, 7) is 0. The van der Waals surface area contributed by atoms with Crippen molar-refractivity contribution >= 4 is 40.8 Å². The molecule has 0 aliphatic heterocycles. The summed E-state index contributed by atoms with van der Waals surface area (Å²) in [6, 6.07) is 4.09. The minimum atomic E-state index is -1.44. The Morgan fingerprint density at radius 1 is 1.21 bits per heavy atom. The van der Waals surface area contributed by atoms with Crippen LogP contribution in [0.3, 0.4) is 0 Å². The molecule has 1 aromatic heterocycles. The minimum absolute atomic E-state index is 0.142. The summed E-state index contributed by atoms with van der Waals surface area (Å²) < 4.78 is 13.6. The maximum atomic E-state index is 13.6. The number of carbonyl (C=O) groups is 1. The fourth-order valence-electron chi connectivity index (χ4n) is 1.49. The van der Waals surface area contributed by atoms with Crippen LogP contribution < -0.4 is 0 Å². The molecule has 0 spiro atoms. The predicted molar refractivity (Wildman–Crippen MR) is 71.6 cm³/mol. The molecule has 0 radical (unpaired) electrons. The van der Waals surface area contributed by atoms with Gasteiger partial charge in [0.1, 0.15) is 0 Å². The number of hydrogen-bond donors (Lipinski definition) is 1. The van der Waals surface area contributed by atoms with Crippen LogP contribution >= 0.6 is 34.8 Å². The molecule has 7 heteroatoms. The quantitative estimate of drug-likeness (QED) is 0.826. The van der Waals surface area contributed by atoms with Crippen molar-refractivity contribution in [3.8, 4) is 11.1 Å². The van der Waals surface area contributed by atoms with Crippen molar-refractivity contribution in [2.24, 2.45) is 0 Å². The van der Waals surface area contributed by atoms with Gasteiger partial charge >= 0.3 is 5.97 Å². The number of aromatic carboxylic acids is 1. The van der Waals surface area contributed by atoms with E-state index in [-0.39, 0.29) is 15.1 Å². The third-order valence-corrected chi connectivity index (χ3v) is 3.68. The lowest BCUT2D eigenvalue weighted by Gasteiger charge is -2.08. The van der Waals surface area contributed by atoms with Crippen LogP contribution in [0.1, 0.15) is 10.5 Å². The van der Waals surface area contributed by atoms with Crippen molar-refractivity contribution in [2.45, 2.75) is 0 Å². The summed E-state index contributed by atoms with van der Waals surface area (Å²) in [4.78, 5) is 14.2. The number of hydrogen-bond acceptors (Lipinski definition) is 2. The normalized spacial score (nSPS) is 10.5. The largest absolute Gasteiger partial charge is 0.476 e. The number of benzene rings is 1. The number of rotatable bonds is 2. The molecule has 0 aliphatic carbocycles. The zero-order valence-corrected chi connectivity index (χ0v) is 11.4. The maximum Gasteiger partial charge on any atom is 0.357 e. The molecule has 2 rings (SSSR count). The van der Waals surface area contributed by atoms with Crippen LogP contribution in [0.5, 0.6) is 0 Å². The number of carboxylic acids is 1. The molecular weight excluding hydrogens is 315 g/mol. The lowest BCUT2D eigenvalue weighted by Crippen LogP contribution is -2.04. The first kappa shape index (κ1) is 14.1. The second-order valence-corrected chi connectivity index (χ2v) is 4.75. The number of pyridine rings is 1. The van der Waals surface area contributed by atoms with Crippen molar-refractivity contribution in [2.75, 3.05) is 0 Å². The first-order valence-electron chi connectivity index (χ1n) is 4.94. The van der Waals surface area contributed by atoms with Gasteiger partial charge in [-0.2, -0.15) is 0 Å². The number of carboxylic acid groups (broad SMARTS) is 1. The van der Waals surface area contributed by atoms with Gasteiger partial charge in [0.2, 0.25) is 0 Å². The second kappa shape index (κ2) is 5.33. The van der Waals surface area contributed by atoms with Gasteiger partial charge in [0.25, 0.3) is 0 Å². The monoisotopic (exact) mass is 319 g/mol. The Morgan fingerprint density at radius 3 is 2.47 bits per heavy atom. The van der Waals surface area contributed by atoms with Crippen molar-refractivity contribution in [1.29, 1.82) is 0 Å². The molecule has 1 N–H and O–H groups in total. The molecule has 0 saturated carbocycles. The van der Waals surface area contributed by atoms with Crippen LogP contribution in [0.25, 0.3) is 11.1 Å². The van der Waals surface area contributed by atoms with Gasteiger partial charge in [-0.1, -0.05) is 40.9 Å². The summed E-state index contributed by atoms with van der Waals surface area (Å²) in [7, 11) is 0. The van der Waals surface area contributed by atoms with Crippen LogP contribution in [-0.2, 0) is 0 Å². The Kier molecular flexibility index (Phi) is 3.94. The average Bonchev–Trinajstić information content (AvgIpc) is 2.35. The molecule has 0 atom stereocenters. The van der Waals surface area contributed by atoms with Crippen molar-refractivity contribution in [3.63, 3.8) is 0 Å². The highest BCUT2D eigenvalue weighted by Crippen LogP contribution is 2.37. The van der Waals surface area contributed by atoms with E-state index < -0.39 is 17.5 Å². The van der Waals surface area contributed by atoms with E-state index in [4.69, 9.17) is 39.9 Å². The smallest absolute Gasteiger partial charge is 0.357 e. The molecule has 0 unspecified atom stereocenters. The third kappa shape index (κ3) is 2.66. The molecule has 1 aromatic carbocycles. The standard InChI is InChI=1S/C12H5Cl3FNO2/c13-7-2-1-6(9(14)10(7)15)5-3-8(16)11(12(18)19)17-4-5/h1-4H,(H,18,19). The van der Waals surface area contributed by atoms with Gasteiger partial charge in [-0.25, -0.2) is 14.2 Å². The predicted octanol–water partition coefficient (Wildman–Crippen LogP) is 4.55. The summed E-state index contributed by atoms with van der Waals surface area (Å²) >= 11 is 17.7. The molecule has 0 bridgehead atoms. The Hall–Kier alpha value is -1.36. The number of halogens is 4. The van der Waals surface area contributed by atoms with E-state index in [0.29, 0.717) is 11.1 Å². The molecule has 3 nitrogen and oxygen atoms in total. The summed E-state index contributed by atoms with van der Waals surface area (Å²) in [5.41, 5.74) is 0.0744. The van der Waals surface area contributed by atoms with E-state index in [0.717, 1.165) is 6.07 Å². The Bertz CT molecular complexity index is 676. The number of nitrogens with zero attached hydrogens (tertiary/aromatic N) is 1. The van der Waals surface area contributed by atoms with E-state index in [2.05, 4.69) is 4.98 Å². The fourth-order valence-corrected chi connectivity index (χ4v) is 2.14. The van der Waals surface area contributed by atoms with Gasteiger partial charge in [-0.3, -0.25) is 0 Å². The van der Waals surface area contributed by atoms with Crippen LogP contribution in [0.15, 0.2) is 24.4 Å². The molecule has 98 valence electrons. The highest BCUT2D eigenvalue weighted by Gasteiger charge is 2.16. The summed E-state index contributed by atoms with van der Waals surface area (Å²) in [6.07, 6.45) is 1.21. The van der Waals surface area contributed by atoms with Gasteiger partial charge in [0.05, 0.1) is 15.1 Å². The van der Waals surface area contributed by atoms with Crippen molar-refractivity contribution in [1.82, 2.24) is 4.98 Å². The molecule has 0 aliphatic rings. The van der Waals surface area contributed by atoms with Crippen molar-refractivity contribution in [3.05, 3.63) is 51.0 Å².